The predicted molar refractivity (Wildman–Crippen MR) is 65.2 cm³/mol. The van der Waals surface area contributed by atoms with E-state index in [1.165, 1.54) is 0 Å². The molecule has 1 aromatic carbocycles. The van der Waals surface area contributed by atoms with Gasteiger partial charge in [0.05, 0.1) is 1.37 Å². The lowest BCUT2D eigenvalue weighted by Crippen LogP contribution is -2.24. The molecule has 1 nitrogen and oxygen atoms in total. The molecule has 84 valence electrons. The van der Waals surface area contributed by atoms with E-state index >= 15 is 0 Å². The molecule has 1 N–H and O–H groups in total. The zero-order chi connectivity index (χ0) is 12.6. The van der Waals surface area contributed by atoms with Crippen molar-refractivity contribution in [1.82, 2.24) is 0 Å². The van der Waals surface area contributed by atoms with Crippen LogP contribution < -0.4 is 0 Å². The lowest BCUT2D eigenvalue weighted by molar-refractivity contribution is 0.284. The van der Waals surface area contributed by atoms with Crippen LogP contribution in [-0.2, 0) is 5.41 Å². The molecule has 0 unspecified atom stereocenters. The van der Waals surface area contributed by atoms with Gasteiger partial charge >= 0.3 is 0 Å². The van der Waals surface area contributed by atoms with E-state index in [9.17, 15) is 5.11 Å². The number of hydrogen-bond donors (Lipinski definition) is 1. The van der Waals surface area contributed by atoms with Gasteiger partial charge in [0, 0.05) is 0 Å². The second-order valence-corrected chi connectivity index (χ2v) is 6.08. The van der Waals surface area contributed by atoms with Gasteiger partial charge in [-0.15, -0.1) is 0 Å². The summed E-state index contributed by atoms with van der Waals surface area (Å²) in [6, 6.07) is 5.50. The Morgan fingerprint density at radius 1 is 1.13 bits per heavy atom. The minimum Gasteiger partial charge on any atom is -0.508 e. The third-order valence-electron chi connectivity index (χ3n) is 2.55. The van der Waals surface area contributed by atoms with Crippen LogP contribution in [0.1, 0.15) is 48.0 Å². The van der Waals surface area contributed by atoms with Gasteiger partial charge in [-0.25, -0.2) is 0 Å². The summed E-state index contributed by atoms with van der Waals surface area (Å²) in [6.45, 7) is 11.0. The van der Waals surface area contributed by atoms with E-state index in [0.717, 1.165) is 12.0 Å². The van der Waals surface area contributed by atoms with E-state index in [1.54, 1.807) is 12.1 Å². The minimum absolute atomic E-state index is 0.0295. The van der Waals surface area contributed by atoms with Crippen LogP contribution in [0.4, 0.5) is 0 Å². The molecule has 0 spiro atoms. The SMILES string of the molecule is [2H]c1cc(C(C)(C)CC(C)(C)C)ccc1O. The molecule has 0 saturated heterocycles. The quantitative estimate of drug-likeness (QED) is 0.774. The van der Waals surface area contributed by atoms with Crippen molar-refractivity contribution in [2.24, 2.45) is 5.41 Å². The summed E-state index contributed by atoms with van der Waals surface area (Å²) in [7, 11) is 0. The highest BCUT2D eigenvalue weighted by molar-refractivity contribution is 5.30. The van der Waals surface area contributed by atoms with Gasteiger partial charge in [-0.3, -0.25) is 0 Å². The molecule has 0 atom stereocenters. The van der Waals surface area contributed by atoms with Crippen molar-refractivity contribution < 1.29 is 6.48 Å². The third-order valence-corrected chi connectivity index (χ3v) is 2.55. The van der Waals surface area contributed by atoms with Gasteiger partial charge in [0.15, 0.2) is 0 Å². The third kappa shape index (κ3) is 3.58. The average Bonchev–Trinajstić information content (AvgIpc) is 2.05. The molecule has 0 bridgehead atoms. The first kappa shape index (κ1) is 10.5. The summed E-state index contributed by atoms with van der Waals surface area (Å²) in [6.07, 6.45) is 1.05. The molecule has 15 heavy (non-hydrogen) atoms. The highest BCUT2D eigenvalue weighted by atomic mass is 16.3. The molecule has 1 heteroatoms. The molecule has 1 rings (SSSR count). The molecule has 0 aliphatic heterocycles. The van der Waals surface area contributed by atoms with Crippen LogP contribution in [-0.4, -0.2) is 5.11 Å². The molecule has 0 aliphatic carbocycles. The maximum absolute atomic E-state index is 9.35. The Balaban J connectivity index is 3.02. The van der Waals surface area contributed by atoms with Gasteiger partial charge in [-0.05, 0) is 34.9 Å². The lowest BCUT2D eigenvalue weighted by Gasteiger charge is -2.33. The number of phenolic OH excluding ortho intramolecular Hbond substituents is 1. The van der Waals surface area contributed by atoms with E-state index in [2.05, 4.69) is 34.6 Å². The average molecular weight is 207 g/mol. The van der Waals surface area contributed by atoms with Gasteiger partial charge in [-0.1, -0.05) is 46.8 Å². The standard InChI is InChI=1S/C14H22O/c1-13(2,3)10-14(4,5)11-6-8-12(15)9-7-11/h6-9,15H,10H2,1-5H3/i8D. The number of hydrogen-bond acceptors (Lipinski definition) is 1. The topological polar surface area (TPSA) is 20.2 Å². The summed E-state index contributed by atoms with van der Waals surface area (Å²) in [5, 5.41) is 9.35. The summed E-state index contributed by atoms with van der Waals surface area (Å²) < 4.78 is 7.62. The van der Waals surface area contributed by atoms with Crippen molar-refractivity contribution in [2.45, 2.75) is 46.5 Å². The Bertz CT molecular complexity index is 375. The molecule has 0 saturated carbocycles. The normalized spacial score (nSPS) is 13.8. The monoisotopic (exact) mass is 207 g/mol. The summed E-state index contributed by atoms with van der Waals surface area (Å²) in [4.78, 5) is 0. The highest BCUT2D eigenvalue weighted by Crippen LogP contribution is 2.36. The number of phenols is 1. The largest absolute Gasteiger partial charge is 0.508 e. The zero-order valence-electron chi connectivity index (χ0n) is 11.4. The van der Waals surface area contributed by atoms with E-state index in [1.807, 2.05) is 6.07 Å². The van der Waals surface area contributed by atoms with E-state index in [-0.39, 0.29) is 22.6 Å². The van der Waals surface area contributed by atoms with Crippen molar-refractivity contribution in [1.29, 1.82) is 0 Å². The Kier molecular flexibility index (Phi) is 2.72. The second kappa shape index (κ2) is 3.88. The first-order valence-corrected chi connectivity index (χ1v) is 5.42. The van der Waals surface area contributed by atoms with Crippen molar-refractivity contribution in [3.05, 3.63) is 29.8 Å². The molecule has 0 aliphatic rings. The van der Waals surface area contributed by atoms with Gasteiger partial charge in [0.1, 0.15) is 5.75 Å². The summed E-state index contributed by atoms with van der Waals surface area (Å²) >= 11 is 0. The summed E-state index contributed by atoms with van der Waals surface area (Å²) in [5.41, 5.74) is 1.40. The Morgan fingerprint density at radius 2 is 1.73 bits per heavy atom. The molecule has 0 aromatic heterocycles. The first-order chi connectivity index (χ1) is 7.12. The van der Waals surface area contributed by atoms with Gasteiger partial charge in [0.2, 0.25) is 0 Å². The maximum Gasteiger partial charge on any atom is 0.115 e. The van der Waals surface area contributed by atoms with Crippen molar-refractivity contribution >= 4 is 0 Å². The zero-order valence-corrected chi connectivity index (χ0v) is 10.4. The minimum atomic E-state index is 0.0295. The van der Waals surface area contributed by atoms with Crippen LogP contribution in [0.3, 0.4) is 0 Å². The molecular weight excluding hydrogens is 184 g/mol. The predicted octanol–water partition coefficient (Wildman–Crippen LogP) is 4.11. The van der Waals surface area contributed by atoms with Gasteiger partial charge in [-0.2, -0.15) is 0 Å². The van der Waals surface area contributed by atoms with E-state index in [0.29, 0.717) is 0 Å². The van der Waals surface area contributed by atoms with Crippen LogP contribution in [0.5, 0.6) is 5.75 Å². The van der Waals surface area contributed by atoms with Crippen molar-refractivity contribution in [2.75, 3.05) is 0 Å². The Labute approximate surface area is 94.6 Å². The van der Waals surface area contributed by atoms with Crippen LogP contribution >= 0.6 is 0 Å². The van der Waals surface area contributed by atoms with E-state index < -0.39 is 0 Å². The van der Waals surface area contributed by atoms with Crippen LogP contribution in [0.25, 0.3) is 0 Å². The Hall–Kier alpha value is -0.980. The van der Waals surface area contributed by atoms with E-state index in [4.69, 9.17) is 1.37 Å². The maximum atomic E-state index is 9.35. The van der Waals surface area contributed by atoms with Crippen LogP contribution in [0.15, 0.2) is 24.2 Å². The number of benzene rings is 1. The lowest BCUT2D eigenvalue weighted by atomic mass is 9.72. The van der Waals surface area contributed by atoms with Gasteiger partial charge < -0.3 is 5.11 Å². The molecule has 0 radical (unpaired) electrons. The first-order valence-electron chi connectivity index (χ1n) is 5.92. The van der Waals surface area contributed by atoms with Crippen LogP contribution in [0, 0.1) is 5.41 Å². The van der Waals surface area contributed by atoms with Crippen molar-refractivity contribution in [3.63, 3.8) is 0 Å². The smallest absolute Gasteiger partial charge is 0.115 e. The number of rotatable bonds is 2. The fourth-order valence-corrected chi connectivity index (χ4v) is 2.27. The fourth-order valence-electron chi connectivity index (χ4n) is 2.27. The fraction of sp³-hybridized carbons (Fsp3) is 0.571. The molecule has 1 aromatic rings. The Morgan fingerprint density at radius 3 is 2.20 bits per heavy atom. The van der Waals surface area contributed by atoms with Crippen LogP contribution in [0.2, 0.25) is 0 Å². The molecule has 0 amide bonds. The molecule has 0 heterocycles. The molecular formula is C14H22O. The second-order valence-electron chi connectivity index (χ2n) is 6.08. The number of aromatic hydroxyl groups is 1. The van der Waals surface area contributed by atoms with Gasteiger partial charge in [0.25, 0.3) is 0 Å². The van der Waals surface area contributed by atoms with Crippen molar-refractivity contribution in [3.8, 4) is 5.75 Å². The summed E-state index contributed by atoms with van der Waals surface area (Å²) in [5.74, 6) is 0.0512. The molecule has 0 fully saturated rings. The highest BCUT2D eigenvalue weighted by Gasteiger charge is 2.26.